The van der Waals surface area contributed by atoms with Crippen LogP contribution in [0.4, 0.5) is 0 Å². The fraction of sp³-hybridized carbons (Fsp3) is 0.529. The highest BCUT2D eigenvalue weighted by Crippen LogP contribution is 2.33. The molecule has 0 spiro atoms. The third kappa shape index (κ3) is 3.44. The van der Waals surface area contributed by atoms with Crippen molar-refractivity contribution in [2.45, 2.75) is 39.2 Å². The monoisotopic (exact) mass is 363 g/mol. The average molecular weight is 363 g/mol. The van der Waals surface area contributed by atoms with Gasteiger partial charge in [-0.15, -0.1) is 11.3 Å². The summed E-state index contributed by atoms with van der Waals surface area (Å²) in [4.78, 5) is 44.1. The van der Waals surface area contributed by atoms with Crippen molar-refractivity contribution in [3.05, 3.63) is 27.1 Å². The van der Waals surface area contributed by atoms with E-state index in [1.165, 1.54) is 22.2 Å². The number of ether oxygens (including phenoxy) is 1. The van der Waals surface area contributed by atoms with Crippen molar-refractivity contribution < 1.29 is 14.3 Å². The van der Waals surface area contributed by atoms with E-state index in [0.717, 1.165) is 12.8 Å². The molecule has 134 valence electrons. The zero-order chi connectivity index (χ0) is 18.1. The average Bonchev–Trinajstić information content (AvgIpc) is 3.35. The molecule has 1 fully saturated rings. The van der Waals surface area contributed by atoms with E-state index in [4.69, 9.17) is 4.74 Å². The molecular formula is C17H21N3O4S. The normalized spacial score (nSPS) is 13.9. The van der Waals surface area contributed by atoms with E-state index in [0.29, 0.717) is 33.8 Å². The maximum atomic E-state index is 13.0. The van der Waals surface area contributed by atoms with Crippen LogP contribution in [0.25, 0.3) is 10.2 Å². The molecule has 1 aliphatic rings. The lowest BCUT2D eigenvalue weighted by Gasteiger charge is -2.21. The van der Waals surface area contributed by atoms with Crippen LogP contribution in [0.1, 0.15) is 41.4 Å². The lowest BCUT2D eigenvalue weighted by Crippen LogP contribution is -2.35. The summed E-state index contributed by atoms with van der Waals surface area (Å²) in [6.45, 7) is 4.21. The fourth-order valence-corrected chi connectivity index (χ4v) is 3.92. The van der Waals surface area contributed by atoms with Crippen LogP contribution >= 0.6 is 11.3 Å². The minimum Gasteiger partial charge on any atom is -0.466 e. The fourth-order valence-electron chi connectivity index (χ4n) is 2.82. The van der Waals surface area contributed by atoms with Crippen LogP contribution in [0.15, 0.2) is 11.1 Å². The van der Waals surface area contributed by atoms with Crippen molar-refractivity contribution in [2.24, 2.45) is 7.05 Å². The molecule has 1 amide bonds. The Labute approximate surface area is 149 Å². The van der Waals surface area contributed by atoms with E-state index in [9.17, 15) is 14.4 Å². The number of nitrogens with zero attached hydrogens (tertiary/aromatic N) is 3. The Morgan fingerprint density at radius 3 is 2.80 bits per heavy atom. The van der Waals surface area contributed by atoms with Gasteiger partial charge in [-0.2, -0.15) is 0 Å². The summed E-state index contributed by atoms with van der Waals surface area (Å²) in [7, 11) is 1.64. The number of carbonyl (C=O) groups is 2. The molecule has 1 saturated carbocycles. The number of hydrogen-bond donors (Lipinski definition) is 0. The Kier molecular flexibility index (Phi) is 4.89. The number of amides is 1. The SMILES string of the molecule is CCOC(=O)CCN(C(=O)c1sc2ncn(C)c(=O)c2c1C)C1CC1. The van der Waals surface area contributed by atoms with Crippen molar-refractivity contribution in [1.82, 2.24) is 14.5 Å². The van der Waals surface area contributed by atoms with Gasteiger partial charge in [0.25, 0.3) is 11.5 Å². The topological polar surface area (TPSA) is 81.5 Å². The number of aromatic nitrogens is 2. The first-order valence-corrected chi connectivity index (χ1v) is 9.17. The predicted molar refractivity (Wildman–Crippen MR) is 94.9 cm³/mol. The van der Waals surface area contributed by atoms with Gasteiger partial charge < -0.3 is 14.2 Å². The number of thiophene rings is 1. The molecule has 2 aromatic rings. The molecule has 25 heavy (non-hydrogen) atoms. The molecule has 0 unspecified atom stereocenters. The Hall–Kier alpha value is -2.22. The van der Waals surface area contributed by atoms with E-state index in [-0.39, 0.29) is 29.9 Å². The van der Waals surface area contributed by atoms with Gasteiger partial charge in [0.05, 0.1) is 29.6 Å². The molecule has 7 nitrogen and oxygen atoms in total. The summed E-state index contributed by atoms with van der Waals surface area (Å²) in [5.74, 6) is -0.432. The van der Waals surface area contributed by atoms with Crippen LogP contribution < -0.4 is 5.56 Å². The Bertz CT molecular complexity index is 882. The van der Waals surface area contributed by atoms with Gasteiger partial charge in [-0.3, -0.25) is 14.4 Å². The number of fused-ring (bicyclic) bond motifs is 1. The van der Waals surface area contributed by atoms with Gasteiger partial charge in [-0.25, -0.2) is 4.98 Å². The van der Waals surface area contributed by atoms with Crippen LogP contribution in [-0.2, 0) is 16.6 Å². The van der Waals surface area contributed by atoms with Gasteiger partial charge in [-0.05, 0) is 32.3 Å². The zero-order valence-electron chi connectivity index (χ0n) is 14.6. The molecule has 0 saturated heterocycles. The molecule has 3 rings (SSSR count). The standard InChI is InChI=1S/C17H21N3O4S/c1-4-24-12(21)7-8-20(11-5-6-11)17(23)14-10(2)13-15(25-14)18-9-19(3)16(13)22/h9,11H,4-8H2,1-3H3. The quantitative estimate of drug-likeness (QED) is 0.732. The Morgan fingerprint density at radius 1 is 1.44 bits per heavy atom. The maximum Gasteiger partial charge on any atom is 0.307 e. The molecule has 0 aromatic carbocycles. The van der Waals surface area contributed by atoms with E-state index in [1.807, 2.05) is 0 Å². The van der Waals surface area contributed by atoms with E-state index in [1.54, 1.807) is 25.8 Å². The predicted octanol–water partition coefficient (Wildman–Crippen LogP) is 1.86. The third-order valence-corrected chi connectivity index (χ3v) is 5.50. The summed E-state index contributed by atoms with van der Waals surface area (Å²) >= 11 is 1.24. The van der Waals surface area contributed by atoms with Crippen molar-refractivity contribution >= 4 is 33.4 Å². The van der Waals surface area contributed by atoms with Crippen LogP contribution in [0.2, 0.25) is 0 Å². The van der Waals surface area contributed by atoms with E-state index < -0.39 is 0 Å². The molecule has 0 radical (unpaired) electrons. The largest absolute Gasteiger partial charge is 0.466 e. The maximum absolute atomic E-state index is 13.0. The third-order valence-electron chi connectivity index (χ3n) is 4.32. The minimum absolute atomic E-state index is 0.130. The van der Waals surface area contributed by atoms with Crippen LogP contribution in [0.5, 0.6) is 0 Å². The second-order valence-electron chi connectivity index (χ2n) is 6.18. The summed E-state index contributed by atoms with van der Waals surface area (Å²) < 4.78 is 6.36. The number of hydrogen-bond acceptors (Lipinski definition) is 6. The van der Waals surface area contributed by atoms with Crippen LogP contribution in [0.3, 0.4) is 0 Å². The van der Waals surface area contributed by atoms with Gasteiger partial charge in [0.2, 0.25) is 0 Å². The Balaban J connectivity index is 1.89. The van der Waals surface area contributed by atoms with Crippen LogP contribution in [0, 0.1) is 6.92 Å². The van der Waals surface area contributed by atoms with Crippen LogP contribution in [-0.4, -0.2) is 45.5 Å². The van der Waals surface area contributed by atoms with Crippen molar-refractivity contribution in [3.8, 4) is 0 Å². The molecule has 2 aromatic heterocycles. The summed E-state index contributed by atoms with van der Waals surface area (Å²) in [6, 6.07) is 0.169. The second kappa shape index (κ2) is 6.95. The second-order valence-corrected chi connectivity index (χ2v) is 7.18. The molecule has 0 bridgehead atoms. The highest BCUT2D eigenvalue weighted by Gasteiger charge is 2.35. The molecule has 2 heterocycles. The number of esters is 1. The molecule has 8 heteroatoms. The number of carbonyl (C=O) groups excluding carboxylic acids is 2. The van der Waals surface area contributed by atoms with Gasteiger partial charge in [0.1, 0.15) is 4.83 Å². The Morgan fingerprint density at radius 2 is 2.16 bits per heavy atom. The summed E-state index contributed by atoms with van der Waals surface area (Å²) in [6.07, 6.45) is 3.53. The van der Waals surface area contributed by atoms with E-state index in [2.05, 4.69) is 4.98 Å². The van der Waals surface area contributed by atoms with E-state index >= 15 is 0 Å². The first-order valence-electron chi connectivity index (χ1n) is 8.35. The molecule has 0 atom stereocenters. The smallest absolute Gasteiger partial charge is 0.307 e. The van der Waals surface area contributed by atoms with Crippen molar-refractivity contribution in [1.29, 1.82) is 0 Å². The van der Waals surface area contributed by atoms with Gasteiger partial charge >= 0.3 is 5.97 Å². The molecule has 1 aliphatic carbocycles. The zero-order valence-corrected chi connectivity index (χ0v) is 15.4. The van der Waals surface area contributed by atoms with Gasteiger partial charge in [-0.1, -0.05) is 0 Å². The molecule has 0 N–H and O–H groups in total. The molecule has 0 aliphatic heterocycles. The highest BCUT2D eigenvalue weighted by molar-refractivity contribution is 7.20. The first-order chi connectivity index (χ1) is 11.9. The summed E-state index contributed by atoms with van der Waals surface area (Å²) in [5, 5.41) is 0.500. The number of aryl methyl sites for hydroxylation is 2. The lowest BCUT2D eigenvalue weighted by atomic mass is 10.2. The number of rotatable bonds is 6. The first kappa shape index (κ1) is 17.6. The summed E-state index contributed by atoms with van der Waals surface area (Å²) in [5.41, 5.74) is 0.516. The highest BCUT2D eigenvalue weighted by atomic mass is 32.1. The van der Waals surface area contributed by atoms with Crippen molar-refractivity contribution in [2.75, 3.05) is 13.2 Å². The van der Waals surface area contributed by atoms with Gasteiger partial charge in [0.15, 0.2) is 0 Å². The van der Waals surface area contributed by atoms with Crippen molar-refractivity contribution in [3.63, 3.8) is 0 Å². The minimum atomic E-state index is -0.301. The molecular weight excluding hydrogens is 342 g/mol. The lowest BCUT2D eigenvalue weighted by molar-refractivity contribution is -0.143. The van der Waals surface area contributed by atoms with Gasteiger partial charge in [0, 0.05) is 19.6 Å².